The zero-order valence-corrected chi connectivity index (χ0v) is 12.6. The number of fused-ring (bicyclic) bond motifs is 1. The molecule has 0 saturated heterocycles. The van der Waals surface area contributed by atoms with Gasteiger partial charge in [0.2, 0.25) is 0 Å². The molecule has 4 heteroatoms. The van der Waals surface area contributed by atoms with E-state index < -0.39 is 5.54 Å². The molecule has 0 saturated carbocycles. The summed E-state index contributed by atoms with van der Waals surface area (Å²) < 4.78 is 18.7. The summed E-state index contributed by atoms with van der Waals surface area (Å²) in [6, 6.07) is 10.4. The van der Waals surface area contributed by atoms with Gasteiger partial charge in [-0.25, -0.2) is 4.39 Å². The molecule has 0 aromatic heterocycles. The van der Waals surface area contributed by atoms with Crippen LogP contribution in [0.2, 0.25) is 5.02 Å². The first-order chi connectivity index (χ1) is 10.0. The van der Waals surface area contributed by atoms with Gasteiger partial charge in [0, 0.05) is 10.6 Å². The van der Waals surface area contributed by atoms with E-state index in [0.717, 1.165) is 29.7 Å². The maximum atomic E-state index is 13.4. The van der Waals surface area contributed by atoms with E-state index in [1.807, 2.05) is 12.1 Å². The summed E-state index contributed by atoms with van der Waals surface area (Å²) in [6.45, 7) is 0. The van der Waals surface area contributed by atoms with Crippen molar-refractivity contribution in [3.63, 3.8) is 0 Å². The molecular weight excluding hydrogens is 289 g/mol. The molecule has 0 amide bonds. The molecule has 0 radical (unpaired) electrons. The van der Waals surface area contributed by atoms with Crippen LogP contribution in [-0.2, 0) is 18.4 Å². The van der Waals surface area contributed by atoms with E-state index in [4.69, 9.17) is 22.1 Å². The van der Waals surface area contributed by atoms with Gasteiger partial charge in [-0.1, -0.05) is 17.7 Å². The summed E-state index contributed by atoms with van der Waals surface area (Å²) in [4.78, 5) is 0. The molecule has 2 nitrogen and oxygen atoms in total. The summed E-state index contributed by atoms with van der Waals surface area (Å²) in [5.41, 5.74) is 9.13. The zero-order chi connectivity index (χ0) is 15.0. The Bertz CT molecular complexity index is 688. The monoisotopic (exact) mass is 305 g/mol. The van der Waals surface area contributed by atoms with Crippen LogP contribution in [-0.4, -0.2) is 7.11 Å². The summed E-state index contributed by atoms with van der Waals surface area (Å²) in [5, 5.41) is 0.553. The number of methoxy groups -OCH3 is 1. The number of rotatable bonds is 3. The van der Waals surface area contributed by atoms with Crippen molar-refractivity contribution in [3.8, 4) is 5.75 Å². The number of halogens is 2. The van der Waals surface area contributed by atoms with Crippen molar-refractivity contribution in [3.05, 3.63) is 63.9 Å². The highest BCUT2D eigenvalue weighted by Crippen LogP contribution is 2.40. The maximum absolute atomic E-state index is 13.4. The topological polar surface area (TPSA) is 35.2 Å². The lowest BCUT2D eigenvalue weighted by atomic mass is 9.86. The Morgan fingerprint density at radius 3 is 2.86 bits per heavy atom. The standard InChI is InChI=1S/C17H17ClFNO/c1-21-14-4-2-11-6-7-17(20,15(11)9-14)10-12-8-13(19)3-5-16(12)18/h2-5,8-9H,6-7,10,20H2,1H3. The molecule has 1 aliphatic rings. The first-order valence-electron chi connectivity index (χ1n) is 6.92. The number of hydrogen-bond donors (Lipinski definition) is 1. The Balaban J connectivity index is 1.98. The molecule has 3 rings (SSSR count). The smallest absolute Gasteiger partial charge is 0.123 e. The molecule has 1 aliphatic carbocycles. The molecule has 110 valence electrons. The van der Waals surface area contributed by atoms with E-state index in [1.165, 1.54) is 17.7 Å². The number of nitrogens with two attached hydrogens (primary N) is 1. The normalized spacial score (nSPS) is 20.4. The van der Waals surface area contributed by atoms with Gasteiger partial charge in [-0.3, -0.25) is 0 Å². The Kier molecular flexibility index (Phi) is 3.64. The quantitative estimate of drug-likeness (QED) is 0.935. The highest BCUT2D eigenvalue weighted by atomic mass is 35.5. The molecule has 0 spiro atoms. The average molecular weight is 306 g/mol. The Morgan fingerprint density at radius 2 is 2.10 bits per heavy atom. The Hall–Kier alpha value is -1.58. The van der Waals surface area contributed by atoms with Gasteiger partial charge in [0.15, 0.2) is 0 Å². The van der Waals surface area contributed by atoms with Gasteiger partial charge >= 0.3 is 0 Å². The minimum Gasteiger partial charge on any atom is -0.497 e. The lowest BCUT2D eigenvalue weighted by Gasteiger charge is -2.26. The minimum absolute atomic E-state index is 0.290. The van der Waals surface area contributed by atoms with Crippen LogP contribution in [0.15, 0.2) is 36.4 Å². The van der Waals surface area contributed by atoms with E-state index in [0.29, 0.717) is 11.4 Å². The van der Waals surface area contributed by atoms with Gasteiger partial charge < -0.3 is 10.5 Å². The van der Waals surface area contributed by atoms with Crippen molar-refractivity contribution in [2.24, 2.45) is 5.73 Å². The van der Waals surface area contributed by atoms with Crippen LogP contribution in [0.25, 0.3) is 0 Å². The van der Waals surface area contributed by atoms with E-state index >= 15 is 0 Å². The number of benzene rings is 2. The fourth-order valence-corrected chi connectivity index (χ4v) is 3.24. The third-order valence-corrected chi connectivity index (χ3v) is 4.58. The van der Waals surface area contributed by atoms with Crippen LogP contribution in [0.4, 0.5) is 4.39 Å². The molecule has 0 fully saturated rings. The van der Waals surface area contributed by atoms with Gasteiger partial charge in [-0.15, -0.1) is 0 Å². The molecule has 1 unspecified atom stereocenters. The lowest BCUT2D eigenvalue weighted by Crippen LogP contribution is -2.36. The summed E-state index contributed by atoms with van der Waals surface area (Å²) in [6.07, 6.45) is 2.26. The molecule has 21 heavy (non-hydrogen) atoms. The van der Waals surface area contributed by atoms with E-state index in [2.05, 4.69) is 6.07 Å². The van der Waals surface area contributed by atoms with Crippen molar-refractivity contribution in [2.75, 3.05) is 7.11 Å². The number of ether oxygens (including phenoxy) is 1. The first kappa shape index (κ1) is 14.4. The highest BCUT2D eigenvalue weighted by Gasteiger charge is 2.36. The molecule has 2 N–H and O–H groups in total. The van der Waals surface area contributed by atoms with Crippen molar-refractivity contribution < 1.29 is 9.13 Å². The van der Waals surface area contributed by atoms with Crippen LogP contribution in [0.3, 0.4) is 0 Å². The zero-order valence-electron chi connectivity index (χ0n) is 11.8. The fourth-order valence-electron chi connectivity index (χ4n) is 3.06. The Labute approximate surface area is 128 Å². The summed E-state index contributed by atoms with van der Waals surface area (Å²) in [7, 11) is 1.64. The predicted molar refractivity (Wildman–Crippen MR) is 82.3 cm³/mol. The molecule has 1 atom stereocenters. The molecule has 0 heterocycles. The van der Waals surface area contributed by atoms with Gasteiger partial charge in [0.1, 0.15) is 11.6 Å². The van der Waals surface area contributed by atoms with Gasteiger partial charge in [0.05, 0.1) is 7.11 Å². The third kappa shape index (κ3) is 2.63. The average Bonchev–Trinajstić information content (AvgIpc) is 2.80. The number of hydrogen-bond acceptors (Lipinski definition) is 2. The predicted octanol–water partition coefficient (Wildman–Crippen LogP) is 3.83. The molecule has 0 bridgehead atoms. The second-order valence-electron chi connectivity index (χ2n) is 5.59. The van der Waals surface area contributed by atoms with Crippen LogP contribution in [0.5, 0.6) is 5.75 Å². The van der Waals surface area contributed by atoms with Crippen molar-refractivity contribution in [1.82, 2.24) is 0 Å². The fraction of sp³-hybridized carbons (Fsp3) is 0.294. The van der Waals surface area contributed by atoms with Gasteiger partial charge in [-0.05, 0) is 66.3 Å². The minimum atomic E-state index is -0.526. The summed E-state index contributed by atoms with van der Waals surface area (Å²) >= 11 is 6.18. The van der Waals surface area contributed by atoms with Crippen LogP contribution >= 0.6 is 11.6 Å². The summed E-state index contributed by atoms with van der Waals surface area (Å²) in [5.74, 6) is 0.498. The lowest BCUT2D eigenvalue weighted by molar-refractivity contribution is 0.407. The third-order valence-electron chi connectivity index (χ3n) is 4.21. The van der Waals surface area contributed by atoms with Crippen molar-refractivity contribution in [2.45, 2.75) is 24.8 Å². The van der Waals surface area contributed by atoms with Crippen molar-refractivity contribution >= 4 is 11.6 Å². The maximum Gasteiger partial charge on any atom is 0.123 e. The first-order valence-corrected chi connectivity index (χ1v) is 7.30. The van der Waals surface area contributed by atoms with E-state index in [9.17, 15) is 4.39 Å². The van der Waals surface area contributed by atoms with Crippen LogP contribution < -0.4 is 10.5 Å². The van der Waals surface area contributed by atoms with Crippen LogP contribution in [0.1, 0.15) is 23.1 Å². The number of aryl methyl sites for hydroxylation is 1. The molecule has 2 aromatic rings. The molecule has 2 aromatic carbocycles. The van der Waals surface area contributed by atoms with Gasteiger partial charge in [0.25, 0.3) is 0 Å². The largest absolute Gasteiger partial charge is 0.497 e. The second kappa shape index (κ2) is 5.32. The van der Waals surface area contributed by atoms with Gasteiger partial charge in [-0.2, -0.15) is 0 Å². The van der Waals surface area contributed by atoms with Crippen LogP contribution in [0, 0.1) is 5.82 Å². The highest BCUT2D eigenvalue weighted by molar-refractivity contribution is 6.31. The van der Waals surface area contributed by atoms with E-state index in [1.54, 1.807) is 13.2 Å². The van der Waals surface area contributed by atoms with E-state index in [-0.39, 0.29) is 5.82 Å². The molecule has 0 aliphatic heterocycles. The molecular formula is C17H17ClFNO. The SMILES string of the molecule is COc1ccc2c(c1)C(N)(Cc1cc(F)ccc1Cl)CC2. The Morgan fingerprint density at radius 1 is 1.29 bits per heavy atom. The second-order valence-corrected chi connectivity index (χ2v) is 6.00. The van der Waals surface area contributed by atoms with Crippen molar-refractivity contribution in [1.29, 1.82) is 0 Å².